The fourth-order valence-electron chi connectivity index (χ4n) is 0.604. The summed E-state index contributed by atoms with van der Waals surface area (Å²) in [6, 6.07) is 0. The first-order chi connectivity index (χ1) is 6.26. The highest BCUT2D eigenvalue weighted by Gasteiger charge is 2.05. The van der Waals surface area contributed by atoms with Crippen molar-refractivity contribution in [3.63, 3.8) is 0 Å². The molecule has 0 N–H and O–H groups in total. The third-order valence-electron chi connectivity index (χ3n) is 1.37. The summed E-state index contributed by atoms with van der Waals surface area (Å²) in [5.41, 5.74) is 0. The predicted octanol–water partition coefficient (Wildman–Crippen LogP) is 2.92. The van der Waals surface area contributed by atoms with Crippen molar-refractivity contribution < 1.29 is 0 Å². The second-order valence-electron chi connectivity index (χ2n) is 2.64. The van der Waals surface area contributed by atoms with Crippen molar-refractivity contribution >= 4 is 47.5 Å². The molecule has 0 bridgehead atoms. The van der Waals surface area contributed by atoms with Crippen LogP contribution in [0.5, 0.6) is 0 Å². The number of nitrogens with zero attached hydrogens (tertiary/aromatic N) is 2. The van der Waals surface area contributed by atoms with Crippen molar-refractivity contribution in [2.24, 2.45) is 5.92 Å². The maximum Gasteiger partial charge on any atom is 0.175 e. The van der Waals surface area contributed by atoms with Gasteiger partial charge in [0.1, 0.15) is 0 Å². The lowest BCUT2D eigenvalue weighted by Gasteiger charge is -2.03. The highest BCUT2D eigenvalue weighted by atomic mass is 32.2. The van der Waals surface area contributed by atoms with Crippen molar-refractivity contribution in [2.45, 2.75) is 15.6 Å². The van der Waals surface area contributed by atoms with Gasteiger partial charge in [0.2, 0.25) is 0 Å². The van der Waals surface area contributed by atoms with Gasteiger partial charge >= 0.3 is 0 Å². The summed E-state index contributed by atoms with van der Waals surface area (Å²) in [4.78, 5) is 0. The van der Waals surface area contributed by atoms with Gasteiger partial charge in [0.15, 0.2) is 8.68 Å². The third-order valence-corrected chi connectivity index (χ3v) is 5.35. The smallest absolute Gasteiger partial charge is 0.175 e. The van der Waals surface area contributed by atoms with Crippen LogP contribution in [0.15, 0.2) is 8.68 Å². The minimum atomic E-state index is 0.634. The molecule has 0 aliphatic heterocycles. The van der Waals surface area contributed by atoms with E-state index in [2.05, 4.69) is 29.7 Å². The first-order valence-electron chi connectivity index (χ1n) is 3.87. The first kappa shape index (κ1) is 11.7. The van der Waals surface area contributed by atoms with Gasteiger partial charge in [0, 0.05) is 5.75 Å². The van der Waals surface area contributed by atoms with E-state index in [1.807, 2.05) is 6.26 Å². The molecule has 0 aliphatic rings. The first-order valence-corrected chi connectivity index (χ1v) is 7.53. The van der Waals surface area contributed by atoms with Crippen LogP contribution in [0.25, 0.3) is 0 Å². The van der Waals surface area contributed by atoms with Crippen molar-refractivity contribution in [1.29, 1.82) is 0 Å². The molecule has 1 rings (SSSR count). The molecule has 2 nitrogen and oxygen atoms in total. The molecule has 0 radical (unpaired) electrons. The summed E-state index contributed by atoms with van der Waals surface area (Å²) in [6.45, 7) is 2.19. The molecule has 1 aromatic heterocycles. The van der Waals surface area contributed by atoms with Crippen LogP contribution in [-0.4, -0.2) is 28.0 Å². The molecule has 0 saturated heterocycles. The number of rotatable bonds is 5. The molecule has 0 aliphatic carbocycles. The minimum Gasteiger partial charge on any atom is -0.179 e. The standard InChI is InChI=1S/C7H12N2S4/c1-5(3-10)4-12-7-9-8-6(11-2)13-7/h5,10H,3-4H2,1-2H3. The normalized spacial score (nSPS) is 13.2. The van der Waals surface area contributed by atoms with Gasteiger partial charge in [-0.2, -0.15) is 12.6 Å². The highest BCUT2D eigenvalue weighted by molar-refractivity contribution is 8.03. The Morgan fingerprint density at radius 1 is 1.46 bits per heavy atom. The summed E-state index contributed by atoms with van der Waals surface area (Å²) >= 11 is 9.32. The quantitative estimate of drug-likeness (QED) is 0.644. The maximum atomic E-state index is 4.24. The van der Waals surface area contributed by atoms with Crippen LogP contribution in [0.1, 0.15) is 6.92 Å². The molecule has 1 heterocycles. The molecule has 1 unspecified atom stereocenters. The summed E-state index contributed by atoms with van der Waals surface area (Å²) in [5.74, 6) is 2.64. The number of thiol groups is 1. The van der Waals surface area contributed by atoms with E-state index in [4.69, 9.17) is 0 Å². The Morgan fingerprint density at radius 2 is 2.15 bits per heavy atom. The molecule has 1 atom stereocenters. The van der Waals surface area contributed by atoms with Crippen molar-refractivity contribution in [3.8, 4) is 0 Å². The van der Waals surface area contributed by atoms with Crippen molar-refractivity contribution in [3.05, 3.63) is 0 Å². The van der Waals surface area contributed by atoms with Crippen LogP contribution in [0.2, 0.25) is 0 Å². The van der Waals surface area contributed by atoms with E-state index in [9.17, 15) is 0 Å². The summed E-state index contributed by atoms with van der Waals surface area (Å²) in [5, 5.41) is 8.11. The summed E-state index contributed by atoms with van der Waals surface area (Å²) in [6.07, 6.45) is 2.02. The number of hydrogen-bond acceptors (Lipinski definition) is 6. The van der Waals surface area contributed by atoms with Gasteiger partial charge in [-0.05, 0) is 17.9 Å². The average molecular weight is 252 g/mol. The number of aromatic nitrogens is 2. The molecule has 13 heavy (non-hydrogen) atoms. The van der Waals surface area contributed by atoms with Crippen molar-refractivity contribution in [1.82, 2.24) is 10.2 Å². The van der Waals surface area contributed by atoms with Gasteiger partial charge in [0.05, 0.1) is 0 Å². The van der Waals surface area contributed by atoms with E-state index in [0.717, 1.165) is 20.2 Å². The fraction of sp³-hybridized carbons (Fsp3) is 0.714. The molecule has 74 valence electrons. The molecular weight excluding hydrogens is 240 g/mol. The van der Waals surface area contributed by atoms with Crippen LogP contribution >= 0.6 is 47.5 Å². The minimum absolute atomic E-state index is 0.634. The molecule has 0 aromatic carbocycles. The Labute approximate surface area is 96.7 Å². The molecule has 0 spiro atoms. The van der Waals surface area contributed by atoms with Crippen LogP contribution in [-0.2, 0) is 0 Å². The molecule has 0 saturated carbocycles. The lowest BCUT2D eigenvalue weighted by molar-refractivity contribution is 0.766. The zero-order valence-corrected chi connectivity index (χ0v) is 10.9. The SMILES string of the molecule is CSc1nnc(SCC(C)CS)s1. The molecular formula is C7H12N2S4. The van der Waals surface area contributed by atoms with Gasteiger partial charge in [-0.25, -0.2) is 0 Å². The Morgan fingerprint density at radius 3 is 2.69 bits per heavy atom. The lowest BCUT2D eigenvalue weighted by atomic mass is 10.3. The van der Waals surface area contributed by atoms with Gasteiger partial charge in [-0.15, -0.1) is 10.2 Å². The van der Waals surface area contributed by atoms with Gasteiger partial charge in [-0.3, -0.25) is 0 Å². The maximum absolute atomic E-state index is 4.24. The van der Waals surface area contributed by atoms with Gasteiger partial charge in [-0.1, -0.05) is 41.8 Å². The zero-order chi connectivity index (χ0) is 9.68. The number of hydrogen-bond donors (Lipinski definition) is 1. The molecule has 0 amide bonds. The van der Waals surface area contributed by atoms with Crippen molar-refractivity contribution in [2.75, 3.05) is 17.8 Å². The molecule has 1 aromatic rings. The molecule has 6 heteroatoms. The second-order valence-corrected chi connectivity index (χ2v) is 6.30. The third kappa shape index (κ3) is 4.10. The highest BCUT2D eigenvalue weighted by Crippen LogP contribution is 2.28. The Balaban J connectivity index is 2.36. The van der Waals surface area contributed by atoms with E-state index in [1.54, 1.807) is 34.9 Å². The van der Waals surface area contributed by atoms with Gasteiger partial charge in [0.25, 0.3) is 0 Å². The van der Waals surface area contributed by atoms with E-state index in [-0.39, 0.29) is 0 Å². The summed E-state index contributed by atoms with van der Waals surface area (Å²) in [7, 11) is 0. The van der Waals surface area contributed by atoms with E-state index in [1.165, 1.54) is 0 Å². The van der Waals surface area contributed by atoms with Crippen LogP contribution in [0.4, 0.5) is 0 Å². The predicted molar refractivity (Wildman–Crippen MR) is 65.4 cm³/mol. The topological polar surface area (TPSA) is 25.8 Å². The van der Waals surface area contributed by atoms with Crippen LogP contribution in [0.3, 0.4) is 0 Å². The van der Waals surface area contributed by atoms with E-state index < -0.39 is 0 Å². The Kier molecular flexibility index (Phi) is 5.54. The summed E-state index contributed by atoms with van der Waals surface area (Å²) < 4.78 is 2.11. The fourth-order valence-corrected chi connectivity index (χ4v) is 3.39. The second kappa shape index (κ2) is 6.16. The van der Waals surface area contributed by atoms with E-state index in [0.29, 0.717) is 5.92 Å². The number of thioether (sulfide) groups is 2. The largest absolute Gasteiger partial charge is 0.179 e. The Hall–Kier alpha value is 0.610. The monoisotopic (exact) mass is 252 g/mol. The van der Waals surface area contributed by atoms with Gasteiger partial charge < -0.3 is 0 Å². The van der Waals surface area contributed by atoms with Crippen LogP contribution < -0.4 is 0 Å². The Bertz CT molecular complexity index is 250. The lowest BCUT2D eigenvalue weighted by Crippen LogP contribution is -1.98. The average Bonchev–Trinajstić information content (AvgIpc) is 2.61. The zero-order valence-electron chi connectivity index (χ0n) is 7.56. The molecule has 0 fully saturated rings. The van der Waals surface area contributed by atoms with E-state index >= 15 is 0 Å². The van der Waals surface area contributed by atoms with Crippen LogP contribution in [0, 0.1) is 5.92 Å².